The van der Waals surface area contributed by atoms with Gasteiger partial charge in [0.2, 0.25) is 11.9 Å². The number of hydrogen-bond acceptors (Lipinski definition) is 7. The summed E-state index contributed by atoms with van der Waals surface area (Å²) in [6.45, 7) is 2.12. The molecule has 2 aromatic rings. The fourth-order valence-corrected chi connectivity index (χ4v) is 2.21. The molecule has 0 radical (unpaired) electrons. The van der Waals surface area contributed by atoms with Gasteiger partial charge in [-0.1, -0.05) is 0 Å². The summed E-state index contributed by atoms with van der Waals surface area (Å²) in [7, 11) is 1.78. The molecule has 2 heterocycles. The first kappa shape index (κ1) is 14.6. The number of hydrogen-bond donors (Lipinski definition) is 2. The van der Waals surface area contributed by atoms with E-state index in [1.165, 1.54) is 0 Å². The first-order valence-electron chi connectivity index (χ1n) is 6.42. The molecule has 0 fully saturated rings. The summed E-state index contributed by atoms with van der Waals surface area (Å²) in [4.78, 5) is 13.0. The Labute approximate surface area is 122 Å². The van der Waals surface area contributed by atoms with Gasteiger partial charge in [0.05, 0.1) is 0 Å². The smallest absolute Gasteiger partial charge is 0.257 e. The Morgan fingerprint density at radius 1 is 1.30 bits per heavy atom. The molecule has 0 saturated heterocycles. The minimum Gasteiger partial charge on any atom is -0.357 e. The maximum atomic E-state index is 4.39. The van der Waals surface area contributed by atoms with Crippen LogP contribution in [0.1, 0.15) is 13.3 Å². The third-order valence-electron chi connectivity index (χ3n) is 2.69. The van der Waals surface area contributed by atoms with Gasteiger partial charge in [-0.25, -0.2) is 4.68 Å². The highest BCUT2D eigenvalue weighted by Crippen LogP contribution is 2.11. The Bertz CT molecular complexity index is 529. The maximum absolute atomic E-state index is 4.39. The Hall–Kier alpha value is -1.83. The van der Waals surface area contributed by atoms with Crippen molar-refractivity contribution in [3.63, 3.8) is 0 Å². The number of anilines is 2. The minimum atomic E-state index is 0.306. The van der Waals surface area contributed by atoms with Crippen molar-refractivity contribution in [1.82, 2.24) is 24.7 Å². The minimum absolute atomic E-state index is 0.306. The van der Waals surface area contributed by atoms with Crippen LogP contribution >= 0.6 is 11.8 Å². The second-order valence-electron chi connectivity index (χ2n) is 4.31. The predicted molar refractivity (Wildman–Crippen MR) is 82.6 cm³/mol. The molecule has 0 spiro atoms. The van der Waals surface area contributed by atoms with E-state index in [0.717, 1.165) is 12.2 Å². The highest BCUT2D eigenvalue weighted by atomic mass is 32.2. The van der Waals surface area contributed by atoms with Crippen molar-refractivity contribution >= 4 is 23.7 Å². The van der Waals surface area contributed by atoms with E-state index in [-0.39, 0.29) is 0 Å². The zero-order valence-electron chi connectivity index (χ0n) is 11.9. The van der Waals surface area contributed by atoms with E-state index in [2.05, 4.69) is 43.9 Å². The van der Waals surface area contributed by atoms with Gasteiger partial charge >= 0.3 is 0 Å². The van der Waals surface area contributed by atoms with E-state index in [1.54, 1.807) is 24.1 Å². The van der Waals surface area contributed by atoms with Crippen molar-refractivity contribution in [1.29, 1.82) is 0 Å². The average Bonchev–Trinajstić information content (AvgIpc) is 2.99. The van der Waals surface area contributed by atoms with Gasteiger partial charge in [0.15, 0.2) is 0 Å². The average molecular weight is 293 g/mol. The summed E-state index contributed by atoms with van der Waals surface area (Å²) < 4.78 is 1.61. The molecule has 0 aromatic carbocycles. The van der Waals surface area contributed by atoms with Crippen LogP contribution in [-0.4, -0.2) is 49.8 Å². The second kappa shape index (κ2) is 7.09. The fourth-order valence-electron chi connectivity index (χ4n) is 1.62. The Kier molecular flexibility index (Phi) is 5.16. The molecule has 1 atom stereocenters. The second-order valence-corrected chi connectivity index (χ2v) is 5.30. The molecule has 0 saturated carbocycles. The quantitative estimate of drug-likeness (QED) is 0.803. The monoisotopic (exact) mass is 293 g/mol. The molecule has 0 aliphatic heterocycles. The third-order valence-corrected chi connectivity index (χ3v) is 3.33. The molecule has 7 nitrogen and oxygen atoms in total. The molecule has 2 N–H and O–H groups in total. The van der Waals surface area contributed by atoms with Crippen LogP contribution in [0.25, 0.3) is 5.95 Å². The lowest BCUT2D eigenvalue weighted by atomic mass is 10.3. The molecular formula is C12H19N7S. The van der Waals surface area contributed by atoms with Crippen molar-refractivity contribution < 1.29 is 0 Å². The van der Waals surface area contributed by atoms with Gasteiger partial charge in [-0.05, 0) is 31.4 Å². The molecule has 20 heavy (non-hydrogen) atoms. The summed E-state index contributed by atoms with van der Waals surface area (Å²) in [6.07, 6.45) is 6.65. The first-order valence-corrected chi connectivity index (χ1v) is 7.81. The Balaban J connectivity index is 2.18. The van der Waals surface area contributed by atoms with Crippen LogP contribution < -0.4 is 10.6 Å². The topological polar surface area (TPSA) is 80.5 Å². The zero-order chi connectivity index (χ0) is 14.4. The van der Waals surface area contributed by atoms with E-state index in [0.29, 0.717) is 23.9 Å². The van der Waals surface area contributed by atoms with Crippen LogP contribution in [0.4, 0.5) is 11.9 Å². The molecular weight excluding hydrogens is 274 g/mol. The number of aromatic nitrogens is 5. The highest BCUT2D eigenvalue weighted by Gasteiger charge is 2.09. The van der Waals surface area contributed by atoms with Crippen molar-refractivity contribution in [3.8, 4) is 5.95 Å². The van der Waals surface area contributed by atoms with Crippen LogP contribution in [0.5, 0.6) is 0 Å². The molecule has 0 aliphatic rings. The summed E-state index contributed by atoms with van der Waals surface area (Å²) in [6, 6.07) is 2.14. The Morgan fingerprint density at radius 3 is 2.75 bits per heavy atom. The van der Waals surface area contributed by atoms with Gasteiger partial charge in [0, 0.05) is 25.5 Å². The van der Waals surface area contributed by atoms with Crippen LogP contribution in [0, 0.1) is 0 Å². The highest BCUT2D eigenvalue weighted by molar-refractivity contribution is 7.98. The van der Waals surface area contributed by atoms with E-state index >= 15 is 0 Å². The number of nitrogens with one attached hydrogen (secondary N) is 2. The van der Waals surface area contributed by atoms with E-state index < -0.39 is 0 Å². The summed E-state index contributed by atoms with van der Waals surface area (Å²) >= 11 is 1.83. The van der Waals surface area contributed by atoms with E-state index in [9.17, 15) is 0 Å². The van der Waals surface area contributed by atoms with E-state index in [1.807, 2.05) is 17.8 Å². The number of rotatable bonds is 7. The normalized spacial score (nSPS) is 12.2. The molecule has 1 unspecified atom stereocenters. The lowest BCUT2D eigenvalue weighted by Crippen LogP contribution is -2.19. The fraction of sp³-hybridized carbons (Fsp3) is 0.500. The number of thioether (sulfide) groups is 1. The summed E-state index contributed by atoms with van der Waals surface area (Å²) in [5.41, 5.74) is 0. The molecule has 2 rings (SSSR count). The SMILES string of the molecule is CNc1nc(NC(C)CCSC)nc(-n2cccn2)n1. The molecule has 108 valence electrons. The van der Waals surface area contributed by atoms with Gasteiger partial charge < -0.3 is 10.6 Å². The maximum Gasteiger partial charge on any atom is 0.257 e. The first-order chi connectivity index (χ1) is 9.72. The predicted octanol–water partition coefficient (Wildman–Crippen LogP) is 1.65. The zero-order valence-corrected chi connectivity index (χ0v) is 12.7. The third kappa shape index (κ3) is 3.83. The largest absolute Gasteiger partial charge is 0.357 e. The van der Waals surface area contributed by atoms with Gasteiger partial charge in [0.25, 0.3) is 5.95 Å². The van der Waals surface area contributed by atoms with Crippen molar-refractivity contribution in [2.45, 2.75) is 19.4 Å². The van der Waals surface area contributed by atoms with Crippen LogP contribution in [-0.2, 0) is 0 Å². The van der Waals surface area contributed by atoms with Crippen molar-refractivity contribution in [2.24, 2.45) is 0 Å². The van der Waals surface area contributed by atoms with Gasteiger partial charge in [-0.3, -0.25) is 0 Å². The van der Waals surface area contributed by atoms with Gasteiger partial charge in [0.1, 0.15) is 0 Å². The van der Waals surface area contributed by atoms with E-state index in [4.69, 9.17) is 0 Å². The lowest BCUT2D eigenvalue weighted by Gasteiger charge is -2.14. The standard InChI is InChI=1S/C12H19N7S/c1-9(5-8-20-3)15-11-16-10(13-2)17-12(18-11)19-7-4-6-14-19/h4,6-7,9H,5,8H2,1-3H3,(H2,13,15,16,17,18). The molecule has 8 heteroatoms. The molecule has 0 aliphatic carbocycles. The lowest BCUT2D eigenvalue weighted by molar-refractivity contribution is 0.746. The summed E-state index contributed by atoms with van der Waals surface area (Å²) in [5.74, 6) is 2.67. The van der Waals surface area contributed by atoms with Crippen molar-refractivity contribution in [2.75, 3.05) is 29.7 Å². The van der Waals surface area contributed by atoms with Gasteiger partial charge in [-0.2, -0.15) is 31.8 Å². The molecule has 0 bridgehead atoms. The summed E-state index contributed by atoms with van der Waals surface area (Å²) in [5, 5.41) is 10.4. The van der Waals surface area contributed by atoms with Crippen LogP contribution in [0.2, 0.25) is 0 Å². The van der Waals surface area contributed by atoms with Crippen molar-refractivity contribution in [3.05, 3.63) is 18.5 Å². The van der Waals surface area contributed by atoms with Crippen LogP contribution in [0.3, 0.4) is 0 Å². The van der Waals surface area contributed by atoms with Crippen LogP contribution in [0.15, 0.2) is 18.5 Å². The number of nitrogens with zero attached hydrogens (tertiary/aromatic N) is 5. The van der Waals surface area contributed by atoms with Gasteiger partial charge in [-0.15, -0.1) is 0 Å². The molecule has 2 aromatic heterocycles. The Morgan fingerprint density at radius 2 is 2.10 bits per heavy atom. The molecule has 0 amide bonds.